The Morgan fingerprint density at radius 3 is 2.29 bits per heavy atom. The molecule has 0 radical (unpaired) electrons. The van der Waals surface area contributed by atoms with Gasteiger partial charge in [0.25, 0.3) is 5.91 Å². The van der Waals surface area contributed by atoms with Crippen LogP contribution in [0.15, 0.2) is 24.3 Å². The molecule has 1 unspecified atom stereocenters. The van der Waals surface area contributed by atoms with Gasteiger partial charge >= 0.3 is 5.92 Å². The van der Waals surface area contributed by atoms with Crippen LogP contribution in [0.3, 0.4) is 0 Å². The van der Waals surface area contributed by atoms with E-state index in [9.17, 15) is 18.7 Å². The number of amides is 1. The molecule has 0 saturated carbocycles. The van der Waals surface area contributed by atoms with E-state index in [2.05, 4.69) is 0 Å². The number of halogens is 2. The number of carbonyl (C=O) groups excluding carboxylic acids is 1. The van der Waals surface area contributed by atoms with Crippen LogP contribution in [0, 0.1) is 0 Å². The average molecular weight is 342 g/mol. The number of nitrogens with zero attached hydrogens (tertiary/aromatic N) is 2. The fourth-order valence-electron chi connectivity index (χ4n) is 2.92. The van der Waals surface area contributed by atoms with Gasteiger partial charge in [-0.05, 0) is 30.7 Å². The number of benzene rings is 1. The summed E-state index contributed by atoms with van der Waals surface area (Å²) in [5.41, 5.74) is -0.336. The van der Waals surface area contributed by atoms with Crippen molar-refractivity contribution in [2.24, 2.45) is 0 Å². The van der Waals surface area contributed by atoms with E-state index in [4.69, 9.17) is 4.74 Å². The molecular formula is C17H24F2N2O3. The quantitative estimate of drug-likeness (QED) is 0.855. The van der Waals surface area contributed by atoms with Gasteiger partial charge in [0.2, 0.25) is 0 Å². The molecule has 1 aliphatic heterocycles. The molecule has 5 nitrogen and oxygen atoms in total. The van der Waals surface area contributed by atoms with Crippen molar-refractivity contribution in [1.29, 1.82) is 0 Å². The van der Waals surface area contributed by atoms with Crippen LogP contribution in [0.1, 0.15) is 18.9 Å². The zero-order chi connectivity index (χ0) is 17.7. The van der Waals surface area contributed by atoms with E-state index < -0.39 is 11.8 Å². The number of hydrogen-bond donors (Lipinski definition) is 1. The van der Waals surface area contributed by atoms with E-state index in [1.54, 1.807) is 0 Å². The number of ether oxygens (including phenoxy) is 1. The third-order valence-electron chi connectivity index (χ3n) is 4.52. The van der Waals surface area contributed by atoms with Gasteiger partial charge in [-0.2, -0.15) is 8.78 Å². The monoisotopic (exact) mass is 342 g/mol. The summed E-state index contributed by atoms with van der Waals surface area (Å²) in [4.78, 5) is 15.5. The molecule has 0 aliphatic carbocycles. The summed E-state index contributed by atoms with van der Waals surface area (Å²) >= 11 is 0. The van der Waals surface area contributed by atoms with E-state index in [-0.39, 0.29) is 31.3 Å². The lowest BCUT2D eigenvalue weighted by atomic mass is 10.1. The van der Waals surface area contributed by atoms with E-state index in [0.29, 0.717) is 18.8 Å². The lowest BCUT2D eigenvalue weighted by Crippen LogP contribution is -2.55. The van der Waals surface area contributed by atoms with E-state index in [0.717, 1.165) is 6.42 Å². The van der Waals surface area contributed by atoms with Gasteiger partial charge in [-0.15, -0.1) is 0 Å². The number of aliphatic hydroxyl groups is 1. The maximum atomic E-state index is 14.5. The van der Waals surface area contributed by atoms with Crippen molar-refractivity contribution < 1.29 is 23.4 Å². The molecule has 0 aromatic heterocycles. The second-order valence-corrected chi connectivity index (χ2v) is 5.88. The molecule has 1 saturated heterocycles. The number of carbonyl (C=O) groups is 1. The number of hydrogen-bond acceptors (Lipinski definition) is 4. The fraction of sp³-hybridized carbons (Fsp3) is 0.588. The Morgan fingerprint density at radius 1 is 1.25 bits per heavy atom. The molecule has 24 heavy (non-hydrogen) atoms. The standard InChI is InChI=1S/C17H24F2N2O3/c1-3-14(12-22)20-8-10-21(11-9-20)16(23)17(18,19)13-4-6-15(24-2)7-5-13/h4-7,14,22H,3,8-12H2,1-2H3. The van der Waals surface area contributed by atoms with Crippen molar-refractivity contribution in [3.63, 3.8) is 0 Å². The van der Waals surface area contributed by atoms with Crippen LogP contribution < -0.4 is 4.74 Å². The van der Waals surface area contributed by atoms with Crippen LogP contribution >= 0.6 is 0 Å². The number of rotatable bonds is 6. The Bertz CT molecular complexity index is 539. The normalized spacial score (nSPS) is 17.6. The summed E-state index contributed by atoms with van der Waals surface area (Å²) < 4.78 is 33.9. The highest BCUT2D eigenvalue weighted by molar-refractivity contribution is 5.85. The second kappa shape index (κ2) is 7.90. The third-order valence-corrected chi connectivity index (χ3v) is 4.52. The van der Waals surface area contributed by atoms with Gasteiger partial charge < -0.3 is 14.7 Å². The zero-order valence-corrected chi connectivity index (χ0v) is 14.0. The fourth-order valence-corrected chi connectivity index (χ4v) is 2.92. The number of aliphatic hydroxyl groups excluding tert-OH is 1. The van der Waals surface area contributed by atoms with Gasteiger partial charge in [-0.3, -0.25) is 9.69 Å². The highest BCUT2D eigenvalue weighted by Gasteiger charge is 2.44. The number of alkyl halides is 2. The summed E-state index contributed by atoms with van der Waals surface area (Å²) in [7, 11) is 1.45. The van der Waals surface area contributed by atoms with Gasteiger partial charge in [-0.25, -0.2) is 0 Å². The topological polar surface area (TPSA) is 53.0 Å². The Morgan fingerprint density at radius 2 is 1.83 bits per heavy atom. The maximum absolute atomic E-state index is 14.5. The van der Waals surface area contributed by atoms with Crippen LogP contribution in [0.5, 0.6) is 5.75 Å². The van der Waals surface area contributed by atoms with Crippen molar-refractivity contribution >= 4 is 5.91 Å². The molecule has 7 heteroatoms. The van der Waals surface area contributed by atoms with Crippen LogP contribution in [-0.2, 0) is 10.7 Å². The predicted octanol–water partition coefficient (Wildman–Crippen LogP) is 1.70. The smallest absolute Gasteiger partial charge is 0.349 e. The molecule has 0 spiro atoms. The molecule has 0 bridgehead atoms. The minimum Gasteiger partial charge on any atom is -0.497 e. The Kier molecular flexibility index (Phi) is 6.12. The maximum Gasteiger partial charge on any atom is 0.349 e. The van der Waals surface area contributed by atoms with Crippen LogP contribution in [0.2, 0.25) is 0 Å². The first kappa shape index (κ1) is 18.6. The summed E-state index contributed by atoms with van der Waals surface area (Å²) in [6, 6.07) is 5.28. The van der Waals surface area contributed by atoms with E-state index in [1.165, 1.54) is 36.3 Å². The van der Waals surface area contributed by atoms with Crippen LogP contribution in [-0.4, -0.2) is 66.8 Å². The highest BCUT2D eigenvalue weighted by atomic mass is 19.3. The molecule has 1 aliphatic rings. The van der Waals surface area contributed by atoms with Crippen molar-refractivity contribution in [2.45, 2.75) is 25.3 Å². The van der Waals surface area contributed by atoms with Gasteiger partial charge in [-0.1, -0.05) is 6.92 Å². The van der Waals surface area contributed by atoms with Crippen LogP contribution in [0.4, 0.5) is 8.78 Å². The summed E-state index contributed by atoms with van der Waals surface area (Å²) in [6.07, 6.45) is 0.784. The summed E-state index contributed by atoms with van der Waals surface area (Å²) in [5, 5.41) is 9.32. The first-order valence-corrected chi connectivity index (χ1v) is 8.10. The lowest BCUT2D eigenvalue weighted by molar-refractivity contribution is -0.161. The van der Waals surface area contributed by atoms with Gasteiger partial charge in [0.15, 0.2) is 0 Å². The predicted molar refractivity (Wildman–Crippen MR) is 86.2 cm³/mol. The van der Waals surface area contributed by atoms with Gasteiger partial charge in [0, 0.05) is 37.8 Å². The minimum absolute atomic E-state index is 0.0179. The van der Waals surface area contributed by atoms with Gasteiger partial charge in [0.1, 0.15) is 5.75 Å². The van der Waals surface area contributed by atoms with Crippen molar-refractivity contribution in [2.75, 3.05) is 39.9 Å². The Labute approximate surface area is 140 Å². The molecule has 1 heterocycles. The summed E-state index contributed by atoms with van der Waals surface area (Å²) in [6.45, 7) is 3.46. The van der Waals surface area contributed by atoms with Crippen molar-refractivity contribution in [3.05, 3.63) is 29.8 Å². The molecule has 1 N–H and O–H groups in total. The molecular weight excluding hydrogens is 318 g/mol. The van der Waals surface area contributed by atoms with Crippen molar-refractivity contribution in [3.8, 4) is 5.75 Å². The van der Waals surface area contributed by atoms with Crippen LogP contribution in [0.25, 0.3) is 0 Å². The van der Waals surface area contributed by atoms with Crippen molar-refractivity contribution in [1.82, 2.24) is 9.80 Å². The first-order valence-electron chi connectivity index (χ1n) is 8.10. The SMILES string of the molecule is CCC(CO)N1CCN(C(=O)C(F)(F)c2ccc(OC)cc2)CC1. The highest BCUT2D eigenvalue weighted by Crippen LogP contribution is 2.32. The molecule has 1 aromatic carbocycles. The lowest BCUT2D eigenvalue weighted by Gasteiger charge is -2.39. The summed E-state index contributed by atoms with van der Waals surface area (Å²) in [5.74, 6) is -4.27. The van der Waals surface area contributed by atoms with E-state index >= 15 is 0 Å². The van der Waals surface area contributed by atoms with Gasteiger partial charge in [0.05, 0.1) is 13.7 Å². The molecule has 1 fully saturated rings. The van der Waals surface area contributed by atoms with E-state index in [1.807, 2.05) is 11.8 Å². The largest absolute Gasteiger partial charge is 0.497 e. The number of methoxy groups -OCH3 is 1. The number of piperazine rings is 1. The molecule has 1 amide bonds. The first-order chi connectivity index (χ1) is 11.4. The minimum atomic E-state index is -3.56. The third kappa shape index (κ3) is 3.84. The molecule has 2 rings (SSSR count). The Hall–Kier alpha value is -1.73. The zero-order valence-electron chi connectivity index (χ0n) is 14.0. The molecule has 1 aromatic rings. The Balaban J connectivity index is 2.02. The molecule has 134 valence electrons. The second-order valence-electron chi connectivity index (χ2n) is 5.88. The molecule has 1 atom stereocenters. The average Bonchev–Trinajstić information content (AvgIpc) is 2.62.